The van der Waals surface area contributed by atoms with Crippen LogP contribution in [0, 0.1) is 30.1 Å². The Labute approximate surface area is 176 Å². The zero-order valence-electron chi connectivity index (χ0n) is 19.6. The van der Waals surface area contributed by atoms with E-state index in [-0.39, 0.29) is 23.7 Å². The van der Waals surface area contributed by atoms with E-state index in [2.05, 4.69) is 25.1 Å². The number of carbonyl (C=O) groups excluding carboxylic acids is 2. The van der Waals surface area contributed by atoms with Crippen LogP contribution in [0.1, 0.15) is 81.6 Å². The summed E-state index contributed by atoms with van der Waals surface area (Å²) in [7, 11) is 0. The van der Waals surface area contributed by atoms with Crippen molar-refractivity contribution < 1.29 is 14.3 Å². The maximum absolute atomic E-state index is 13.2. The fourth-order valence-electron chi connectivity index (χ4n) is 3.30. The lowest BCUT2D eigenvalue weighted by Crippen LogP contribution is -2.42. The minimum absolute atomic E-state index is 0.0557. The highest BCUT2D eigenvalue weighted by molar-refractivity contribution is 6.17. The van der Waals surface area contributed by atoms with E-state index in [1.54, 1.807) is 13.8 Å². The first kappa shape index (κ1) is 24.9. The number of hydrogen-bond donors (Lipinski definition) is 1. The summed E-state index contributed by atoms with van der Waals surface area (Å²) in [6.07, 6.45) is 7.72. The van der Waals surface area contributed by atoms with Crippen molar-refractivity contribution in [2.75, 3.05) is 0 Å². The van der Waals surface area contributed by atoms with Gasteiger partial charge in [0.1, 0.15) is 11.4 Å². The molecule has 3 atom stereocenters. The summed E-state index contributed by atoms with van der Waals surface area (Å²) >= 11 is 0. The monoisotopic (exact) mass is 402 g/mol. The molecule has 0 spiro atoms. The number of rotatable bonds is 9. The van der Waals surface area contributed by atoms with Gasteiger partial charge in [-0.3, -0.25) is 9.79 Å². The van der Waals surface area contributed by atoms with Gasteiger partial charge in [-0.15, -0.1) is 6.42 Å². The Hall–Kier alpha value is -2.09. The van der Waals surface area contributed by atoms with Gasteiger partial charge in [0.25, 0.3) is 5.91 Å². The second-order valence-electron chi connectivity index (χ2n) is 9.22. The summed E-state index contributed by atoms with van der Waals surface area (Å²) in [5.74, 6) is 2.75. The fraction of sp³-hybridized carbons (Fsp3) is 0.708. The Kier molecular flexibility index (Phi) is 8.26. The molecule has 0 aromatic carbocycles. The Morgan fingerprint density at radius 3 is 2.28 bits per heavy atom. The van der Waals surface area contributed by atoms with Crippen molar-refractivity contribution in [3.05, 3.63) is 11.1 Å². The van der Waals surface area contributed by atoms with E-state index in [0.717, 1.165) is 18.4 Å². The normalized spacial score (nSPS) is 22.4. The second kappa shape index (κ2) is 9.61. The molecule has 0 fully saturated rings. The van der Waals surface area contributed by atoms with Crippen LogP contribution in [0.5, 0.6) is 0 Å². The molecule has 1 rings (SSSR count). The van der Waals surface area contributed by atoms with E-state index in [9.17, 15) is 9.59 Å². The SMILES string of the molecule is C#CC(C)(C)OC(=O)/C(=C(/CC(C)C)C1=NC(C)(C(C)CC)C(=O)N1)C(C)CC. The van der Waals surface area contributed by atoms with E-state index in [0.29, 0.717) is 17.8 Å². The van der Waals surface area contributed by atoms with Crippen LogP contribution in [0.3, 0.4) is 0 Å². The Morgan fingerprint density at radius 2 is 1.83 bits per heavy atom. The van der Waals surface area contributed by atoms with E-state index in [1.165, 1.54) is 0 Å². The molecule has 5 heteroatoms. The maximum Gasteiger partial charge on any atom is 0.336 e. The maximum atomic E-state index is 13.2. The summed E-state index contributed by atoms with van der Waals surface area (Å²) in [5.41, 5.74) is -0.538. The van der Waals surface area contributed by atoms with Gasteiger partial charge in [-0.1, -0.05) is 53.9 Å². The number of amidine groups is 1. The topological polar surface area (TPSA) is 67.8 Å². The number of nitrogens with one attached hydrogen (secondary N) is 1. The minimum Gasteiger partial charge on any atom is -0.443 e. The third-order valence-electron chi connectivity index (χ3n) is 5.85. The second-order valence-corrected chi connectivity index (χ2v) is 9.22. The van der Waals surface area contributed by atoms with Gasteiger partial charge in [0, 0.05) is 11.1 Å². The number of esters is 1. The summed E-state index contributed by atoms with van der Waals surface area (Å²) in [6, 6.07) is 0. The Balaban J connectivity index is 3.63. The van der Waals surface area contributed by atoms with Crippen molar-refractivity contribution in [1.29, 1.82) is 0 Å². The van der Waals surface area contributed by atoms with Crippen molar-refractivity contribution in [2.45, 2.75) is 92.7 Å². The first-order chi connectivity index (χ1) is 13.3. The smallest absolute Gasteiger partial charge is 0.336 e. The van der Waals surface area contributed by atoms with Crippen LogP contribution in [0.2, 0.25) is 0 Å². The van der Waals surface area contributed by atoms with Crippen LogP contribution in [0.4, 0.5) is 0 Å². The quantitative estimate of drug-likeness (QED) is 0.346. The molecule has 162 valence electrons. The van der Waals surface area contributed by atoms with Gasteiger partial charge in [0.05, 0.1) is 0 Å². The van der Waals surface area contributed by atoms with Gasteiger partial charge in [-0.25, -0.2) is 4.79 Å². The molecule has 0 saturated heterocycles. The predicted molar refractivity (Wildman–Crippen MR) is 118 cm³/mol. The summed E-state index contributed by atoms with van der Waals surface area (Å²) < 4.78 is 5.64. The molecule has 1 amide bonds. The van der Waals surface area contributed by atoms with Gasteiger partial charge >= 0.3 is 5.97 Å². The van der Waals surface area contributed by atoms with Crippen molar-refractivity contribution >= 4 is 17.7 Å². The molecule has 0 radical (unpaired) electrons. The highest BCUT2D eigenvalue weighted by Crippen LogP contribution is 2.33. The van der Waals surface area contributed by atoms with E-state index in [4.69, 9.17) is 16.2 Å². The Morgan fingerprint density at radius 1 is 1.24 bits per heavy atom. The molecule has 1 aliphatic heterocycles. The fourth-order valence-corrected chi connectivity index (χ4v) is 3.30. The summed E-state index contributed by atoms with van der Waals surface area (Å²) in [5, 5.41) is 2.96. The number of nitrogens with zero attached hydrogens (tertiary/aromatic N) is 1. The number of aliphatic imine (C=N–C) groups is 1. The van der Waals surface area contributed by atoms with Crippen LogP contribution in [0.25, 0.3) is 0 Å². The number of ether oxygens (including phenoxy) is 1. The summed E-state index contributed by atoms with van der Waals surface area (Å²) in [6.45, 7) is 17.5. The van der Waals surface area contributed by atoms with Crippen molar-refractivity contribution in [3.8, 4) is 12.3 Å². The van der Waals surface area contributed by atoms with Crippen molar-refractivity contribution in [3.63, 3.8) is 0 Å². The lowest BCUT2D eigenvalue weighted by molar-refractivity contribution is -0.147. The van der Waals surface area contributed by atoms with Gasteiger partial charge in [0.2, 0.25) is 0 Å². The van der Waals surface area contributed by atoms with Crippen LogP contribution in [0.15, 0.2) is 16.1 Å². The standard InChI is InChI=1S/C24H38N2O3/c1-11-16(6)19(21(27)29-23(8,9)13-3)18(14-15(4)5)20-25-22(28)24(10,26-20)17(7)12-2/h3,15-17H,11-12,14H2,1-2,4-10H3,(H,25,26,28)/b19-18-. The molecule has 1 aliphatic rings. The molecule has 29 heavy (non-hydrogen) atoms. The zero-order chi connectivity index (χ0) is 22.6. The van der Waals surface area contributed by atoms with Crippen LogP contribution < -0.4 is 5.32 Å². The van der Waals surface area contributed by atoms with Crippen LogP contribution in [-0.4, -0.2) is 28.9 Å². The average Bonchev–Trinajstić information content (AvgIpc) is 2.95. The largest absolute Gasteiger partial charge is 0.443 e. The Bertz CT molecular complexity index is 740. The van der Waals surface area contributed by atoms with E-state index in [1.807, 2.05) is 34.6 Å². The van der Waals surface area contributed by atoms with Gasteiger partial charge < -0.3 is 10.1 Å². The third kappa shape index (κ3) is 5.72. The van der Waals surface area contributed by atoms with Crippen LogP contribution >= 0.6 is 0 Å². The van der Waals surface area contributed by atoms with Crippen molar-refractivity contribution in [2.24, 2.45) is 22.7 Å². The lowest BCUT2D eigenvalue weighted by Gasteiger charge is -2.25. The number of hydrogen-bond acceptors (Lipinski definition) is 4. The number of carbonyl (C=O) groups is 2. The first-order valence-electron chi connectivity index (χ1n) is 10.7. The molecule has 0 aromatic rings. The van der Waals surface area contributed by atoms with Gasteiger partial charge in [-0.2, -0.15) is 0 Å². The molecule has 0 aromatic heterocycles. The van der Waals surface area contributed by atoms with Crippen molar-refractivity contribution in [1.82, 2.24) is 5.32 Å². The third-order valence-corrected chi connectivity index (χ3v) is 5.85. The number of amides is 1. The van der Waals surface area contributed by atoms with E-state index < -0.39 is 17.1 Å². The van der Waals surface area contributed by atoms with Gasteiger partial charge in [-0.05, 0) is 51.4 Å². The van der Waals surface area contributed by atoms with E-state index >= 15 is 0 Å². The molecule has 0 bridgehead atoms. The van der Waals surface area contributed by atoms with Crippen LogP contribution in [-0.2, 0) is 14.3 Å². The molecule has 1 N–H and O–H groups in total. The molecule has 5 nitrogen and oxygen atoms in total. The molecule has 3 unspecified atom stereocenters. The predicted octanol–water partition coefficient (Wildman–Crippen LogP) is 4.66. The van der Waals surface area contributed by atoms with Gasteiger partial charge in [0.15, 0.2) is 5.60 Å². The molecule has 0 saturated carbocycles. The molecule has 0 aliphatic carbocycles. The highest BCUT2D eigenvalue weighted by Gasteiger charge is 2.44. The highest BCUT2D eigenvalue weighted by atomic mass is 16.6. The average molecular weight is 403 g/mol. The lowest BCUT2D eigenvalue weighted by atomic mass is 9.85. The first-order valence-corrected chi connectivity index (χ1v) is 10.7. The molecule has 1 heterocycles. The summed E-state index contributed by atoms with van der Waals surface area (Å²) in [4.78, 5) is 30.8. The minimum atomic E-state index is -1.01. The number of terminal acetylenes is 1. The molecular formula is C24H38N2O3. The zero-order valence-corrected chi connectivity index (χ0v) is 19.6. The molecular weight excluding hydrogens is 364 g/mol.